The molecule has 2 aromatic carbocycles. The van der Waals surface area contributed by atoms with Crippen molar-refractivity contribution in [1.82, 2.24) is 9.79 Å². The van der Waals surface area contributed by atoms with Gasteiger partial charge in [-0.15, -0.1) is 0 Å². The van der Waals surface area contributed by atoms with E-state index in [4.69, 9.17) is 14.7 Å². The number of nitrogens with zero attached hydrogens (tertiary/aromatic N) is 1. The number of sulfonamides is 1. The van der Waals surface area contributed by atoms with Crippen molar-refractivity contribution in [2.75, 3.05) is 18.8 Å². The minimum absolute atomic E-state index is 0.0143. The summed E-state index contributed by atoms with van der Waals surface area (Å²) in [4.78, 5) is 12.2. The van der Waals surface area contributed by atoms with Crippen LogP contribution in [0, 0.1) is 0 Å². The van der Waals surface area contributed by atoms with Crippen molar-refractivity contribution in [3.8, 4) is 11.5 Å². The number of amides is 1. The minimum Gasteiger partial charge on any atom is -0.487 e. The van der Waals surface area contributed by atoms with Gasteiger partial charge in [0.25, 0.3) is 5.91 Å². The summed E-state index contributed by atoms with van der Waals surface area (Å²) in [5.74, 6) is -0.857. The Morgan fingerprint density at radius 3 is 2.25 bits per heavy atom. The zero-order valence-electron chi connectivity index (χ0n) is 18.3. The number of para-hydroxylation sites is 2. The first-order chi connectivity index (χ1) is 15.3. The summed E-state index contributed by atoms with van der Waals surface area (Å²) in [5, 5.41) is 9.09. The summed E-state index contributed by atoms with van der Waals surface area (Å²) in [6, 6.07) is 16.0. The summed E-state index contributed by atoms with van der Waals surface area (Å²) in [6.07, 6.45) is 0.930. The standard InChI is InChI=1S/C23H30N2O6S/c1-17(2)30-21-10-6-7-11-22(21)31-19-12-14-25(15-13-19)32(28,29)16-20(23(26)24-27)18-8-4-3-5-9-18/h3-11,17,19-20,27H,12-16H2,1-2H3,(H,24,26)/t20-/m1/s1. The molecular formula is C23H30N2O6S. The van der Waals surface area contributed by atoms with Crippen LogP contribution in [0.5, 0.6) is 11.5 Å². The van der Waals surface area contributed by atoms with Gasteiger partial charge in [0.05, 0.1) is 17.8 Å². The van der Waals surface area contributed by atoms with Gasteiger partial charge in [0.15, 0.2) is 11.5 Å². The Hall–Kier alpha value is -2.62. The minimum atomic E-state index is -3.73. The molecule has 2 aromatic rings. The van der Waals surface area contributed by atoms with Crippen molar-refractivity contribution in [2.24, 2.45) is 0 Å². The number of ether oxygens (including phenoxy) is 2. The van der Waals surface area contributed by atoms with Gasteiger partial charge in [0.1, 0.15) is 6.10 Å². The van der Waals surface area contributed by atoms with Gasteiger partial charge < -0.3 is 9.47 Å². The molecule has 1 saturated heterocycles. The lowest BCUT2D eigenvalue weighted by Gasteiger charge is -2.32. The quantitative estimate of drug-likeness (QED) is 0.439. The molecule has 1 fully saturated rings. The molecule has 1 amide bonds. The van der Waals surface area contributed by atoms with Crippen LogP contribution in [-0.4, -0.2) is 54.9 Å². The maximum absolute atomic E-state index is 13.0. The Morgan fingerprint density at radius 2 is 1.66 bits per heavy atom. The Kier molecular flexibility index (Phi) is 8.11. The maximum Gasteiger partial charge on any atom is 0.251 e. The number of carbonyl (C=O) groups excluding carboxylic acids is 1. The predicted octanol–water partition coefficient (Wildman–Crippen LogP) is 2.94. The van der Waals surface area contributed by atoms with Crippen molar-refractivity contribution in [2.45, 2.75) is 44.8 Å². The smallest absolute Gasteiger partial charge is 0.251 e. The van der Waals surface area contributed by atoms with Gasteiger partial charge >= 0.3 is 0 Å². The molecule has 0 spiro atoms. The molecule has 0 bridgehead atoms. The van der Waals surface area contributed by atoms with E-state index in [0.29, 0.717) is 43.0 Å². The fourth-order valence-electron chi connectivity index (χ4n) is 3.71. The highest BCUT2D eigenvalue weighted by atomic mass is 32.2. The molecule has 1 aliphatic rings. The molecule has 1 aliphatic heterocycles. The van der Waals surface area contributed by atoms with Crippen LogP contribution in [0.3, 0.4) is 0 Å². The molecule has 9 heteroatoms. The fraction of sp³-hybridized carbons (Fsp3) is 0.435. The number of carbonyl (C=O) groups is 1. The summed E-state index contributed by atoms with van der Waals surface area (Å²) >= 11 is 0. The third kappa shape index (κ3) is 6.21. The molecule has 0 unspecified atom stereocenters. The molecule has 1 atom stereocenters. The van der Waals surface area contributed by atoms with Gasteiger partial charge in [-0.2, -0.15) is 0 Å². The molecule has 3 rings (SSSR count). The maximum atomic E-state index is 13.0. The lowest BCUT2D eigenvalue weighted by molar-refractivity contribution is -0.130. The highest BCUT2D eigenvalue weighted by Gasteiger charge is 2.34. The third-order valence-electron chi connectivity index (χ3n) is 5.31. The van der Waals surface area contributed by atoms with Crippen LogP contribution in [0.4, 0.5) is 0 Å². The van der Waals surface area contributed by atoms with Gasteiger partial charge in [-0.25, -0.2) is 18.2 Å². The number of hydrogen-bond donors (Lipinski definition) is 2. The van der Waals surface area contributed by atoms with Crippen LogP contribution in [0.25, 0.3) is 0 Å². The Labute approximate surface area is 189 Å². The molecule has 174 valence electrons. The van der Waals surface area contributed by atoms with E-state index in [1.165, 1.54) is 4.31 Å². The fourth-order valence-corrected chi connectivity index (χ4v) is 5.45. The average molecular weight is 463 g/mol. The van der Waals surface area contributed by atoms with Crippen LogP contribution in [-0.2, 0) is 14.8 Å². The molecule has 1 heterocycles. The molecular weight excluding hydrogens is 432 g/mol. The second kappa shape index (κ2) is 10.8. The number of piperidine rings is 1. The van der Waals surface area contributed by atoms with Crippen molar-refractivity contribution in [3.05, 3.63) is 60.2 Å². The number of nitrogens with one attached hydrogen (secondary N) is 1. The average Bonchev–Trinajstić information content (AvgIpc) is 2.79. The zero-order chi connectivity index (χ0) is 23.1. The number of hydrogen-bond acceptors (Lipinski definition) is 6. The van der Waals surface area contributed by atoms with E-state index in [1.807, 2.05) is 38.1 Å². The SMILES string of the molecule is CC(C)Oc1ccccc1OC1CCN(S(=O)(=O)C[C@@H](C(=O)NO)c2ccccc2)CC1. The van der Waals surface area contributed by atoms with E-state index >= 15 is 0 Å². The van der Waals surface area contributed by atoms with Crippen LogP contribution < -0.4 is 15.0 Å². The van der Waals surface area contributed by atoms with Gasteiger partial charge in [0.2, 0.25) is 10.0 Å². The highest BCUT2D eigenvalue weighted by Crippen LogP contribution is 2.31. The molecule has 8 nitrogen and oxygen atoms in total. The van der Waals surface area contributed by atoms with Crippen LogP contribution in [0.15, 0.2) is 54.6 Å². The van der Waals surface area contributed by atoms with Crippen molar-refractivity contribution >= 4 is 15.9 Å². The predicted molar refractivity (Wildman–Crippen MR) is 120 cm³/mol. The zero-order valence-corrected chi connectivity index (χ0v) is 19.1. The van der Waals surface area contributed by atoms with Crippen molar-refractivity contribution in [1.29, 1.82) is 0 Å². The van der Waals surface area contributed by atoms with E-state index in [-0.39, 0.29) is 12.2 Å². The summed E-state index contributed by atoms with van der Waals surface area (Å²) in [7, 11) is -3.73. The van der Waals surface area contributed by atoms with Crippen molar-refractivity contribution in [3.63, 3.8) is 0 Å². The highest BCUT2D eigenvalue weighted by molar-refractivity contribution is 7.89. The Balaban J connectivity index is 1.63. The van der Waals surface area contributed by atoms with Crippen LogP contribution in [0.1, 0.15) is 38.2 Å². The molecule has 2 N–H and O–H groups in total. The first kappa shape index (κ1) is 24.0. The molecule has 32 heavy (non-hydrogen) atoms. The van der Waals surface area contributed by atoms with E-state index in [1.54, 1.807) is 35.8 Å². The Bertz CT molecular complexity index is 989. The van der Waals surface area contributed by atoms with Gasteiger partial charge in [-0.1, -0.05) is 42.5 Å². The van der Waals surface area contributed by atoms with E-state index in [0.717, 1.165) is 0 Å². The second-order valence-corrected chi connectivity index (χ2v) is 10.1. The van der Waals surface area contributed by atoms with Crippen LogP contribution >= 0.6 is 0 Å². The van der Waals surface area contributed by atoms with Crippen molar-refractivity contribution < 1.29 is 27.9 Å². The molecule has 0 aliphatic carbocycles. The lowest BCUT2D eigenvalue weighted by Crippen LogP contribution is -2.44. The summed E-state index contributed by atoms with van der Waals surface area (Å²) < 4.78 is 39.4. The normalized spacial score (nSPS) is 16.5. The molecule has 0 radical (unpaired) electrons. The van der Waals surface area contributed by atoms with Gasteiger partial charge in [-0.05, 0) is 44.4 Å². The topological polar surface area (TPSA) is 105 Å². The number of hydroxylamine groups is 1. The van der Waals surface area contributed by atoms with Crippen LogP contribution in [0.2, 0.25) is 0 Å². The van der Waals surface area contributed by atoms with E-state index in [9.17, 15) is 13.2 Å². The first-order valence-corrected chi connectivity index (χ1v) is 12.3. The number of benzene rings is 2. The second-order valence-electron chi connectivity index (χ2n) is 8.05. The third-order valence-corrected chi connectivity index (χ3v) is 7.21. The summed E-state index contributed by atoms with van der Waals surface area (Å²) in [6.45, 7) is 4.48. The molecule has 0 saturated carbocycles. The first-order valence-electron chi connectivity index (χ1n) is 10.7. The van der Waals surface area contributed by atoms with Gasteiger partial charge in [0, 0.05) is 13.1 Å². The Morgan fingerprint density at radius 1 is 1.06 bits per heavy atom. The van der Waals surface area contributed by atoms with E-state index < -0.39 is 27.6 Å². The monoisotopic (exact) mass is 462 g/mol. The largest absolute Gasteiger partial charge is 0.487 e. The lowest BCUT2D eigenvalue weighted by atomic mass is 10.0. The summed E-state index contributed by atoms with van der Waals surface area (Å²) in [5.41, 5.74) is 2.12. The van der Waals surface area contributed by atoms with E-state index in [2.05, 4.69) is 0 Å². The number of rotatable bonds is 9. The molecule has 0 aromatic heterocycles. The van der Waals surface area contributed by atoms with Gasteiger partial charge in [-0.3, -0.25) is 10.0 Å².